The minimum Gasteiger partial charge on any atom is -0.497 e. The topological polar surface area (TPSA) is 87.2 Å². The Balaban J connectivity index is 1.28. The molecule has 0 aliphatic carbocycles. The minimum absolute atomic E-state index is 0.0350. The zero-order valence-electron chi connectivity index (χ0n) is 27.6. The number of nitrogens with one attached hydrogen (secondary N) is 1. The maximum Gasteiger partial charge on any atom is 0.258 e. The third-order valence-electron chi connectivity index (χ3n) is 9.24. The molecule has 1 saturated heterocycles. The number of carbonyl (C=O) groups excluding carboxylic acids is 2. The first kappa shape index (κ1) is 32.9. The zero-order valence-corrected chi connectivity index (χ0v) is 27.6. The normalized spacial score (nSPS) is 15.3. The van der Waals surface area contributed by atoms with Gasteiger partial charge in [-0.25, -0.2) is 13.8 Å². The van der Waals surface area contributed by atoms with E-state index >= 15 is 0 Å². The summed E-state index contributed by atoms with van der Waals surface area (Å²) >= 11 is 0. The molecule has 0 bridgehead atoms. The van der Waals surface area contributed by atoms with Crippen LogP contribution in [-0.2, 0) is 13.1 Å². The van der Waals surface area contributed by atoms with Crippen LogP contribution in [-0.4, -0.2) is 77.9 Å². The van der Waals surface area contributed by atoms with Gasteiger partial charge in [-0.1, -0.05) is 13.0 Å². The summed E-state index contributed by atoms with van der Waals surface area (Å²) in [6.07, 6.45) is 1.07. The highest BCUT2D eigenvalue weighted by molar-refractivity contribution is 6.04. The molecule has 3 heterocycles. The fourth-order valence-electron chi connectivity index (χ4n) is 6.30. The number of hydrogen-bond acceptors (Lipinski definition) is 7. The number of nitrogens with zero attached hydrogens (tertiary/aromatic N) is 4. The van der Waals surface area contributed by atoms with Crippen LogP contribution in [0, 0.1) is 11.6 Å². The Kier molecular flexibility index (Phi) is 9.58. The van der Waals surface area contributed by atoms with E-state index in [1.807, 2.05) is 11.0 Å². The van der Waals surface area contributed by atoms with Crippen LogP contribution in [0.1, 0.15) is 52.2 Å². The predicted molar refractivity (Wildman–Crippen MR) is 180 cm³/mol. The van der Waals surface area contributed by atoms with E-state index in [4.69, 9.17) is 9.47 Å². The smallest absolute Gasteiger partial charge is 0.258 e. The lowest BCUT2D eigenvalue weighted by atomic mass is 10.1. The largest absolute Gasteiger partial charge is 0.497 e. The molecule has 1 fully saturated rings. The van der Waals surface area contributed by atoms with Crippen LogP contribution in [0.3, 0.4) is 0 Å². The molecule has 0 spiro atoms. The third kappa shape index (κ3) is 6.55. The lowest BCUT2D eigenvalue weighted by Gasteiger charge is -2.37. The molecule has 11 heteroatoms. The second kappa shape index (κ2) is 14.0. The molecule has 1 aromatic heterocycles. The Hall–Kier alpha value is -5.03. The van der Waals surface area contributed by atoms with Gasteiger partial charge in [-0.3, -0.25) is 14.5 Å². The van der Waals surface area contributed by atoms with Gasteiger partial charge >= 0.3 is 0 Å². The van der Waals surface area contributed by atoms with E-state index < -0.39 is 11.6 Å². The van der Waals surface area contributed by atoms with Gasteiger partial charge in [-0.15, -0.1) is 0 Å². The van der Waals surface area contributed by atoms with Crippen molar-refractivity contribution in [3.63, 3.8) is 0 Å². The van der Waals surface area contributed by atoms with Crippen LogP contribution in [0.2, 0.25) is 0 Å². The van der Waals surface area contributed by atoms with E-state index in [0.717, 1.165) is 25.1 Å². The second-order valence-electron chi connectivity index (χ2n) is 12.1. The first-order valence-corrected chi connectivity index (χ1v) is 16.1. The van der Waals surface area contributed by atoms with E-state index in [1.54, 1.807) is 55.5 Å². The standard InChI is InChI=1S/C37H39F2N5O4/c1-5-23(2)42-15-17-43(18-16-42)36(45)24-9-12-26(13-10-24)40-31-20-30(34-28(38)7-6-8-29(34)39)41-32-22-44(37(46)35(31)32)21-25-11-14-27(47-3)19-33(25)48-4/h6-14,19-20,23H,5,15-18,21-22H2,1-4H3,(H,40,41). The maximum atomic E-state index is 14.9. The number of halogens is 2. The number of anilines is 2. The Morgan fingerprint density at radius 3 is 2.29 bits per heavy atom. The van der Waals surface area contributed by atoms with Crippen LogP contribution < -0.4 is 14.8 Å². The van der Waals surface area contributed by atoms with Gasteiger partial charge in [0.1, 0.15) is 23.1 Å². The summed E-state index contributed by atoms with van der Waals surface area (Å²) < 4.78 is 40.7. The highest BCUT2D eigenvalue weighted by Crippen LogP contribution is 2.37. The molecule has 3 aromatic carbocycles. The quantitative estimate of drug-likeness (QED) is 0.209. The summed E-state index contributed by atoms with van der Waals surface area (Å²) in [5, 5.41) is 3.27. The van der Waals surface area contributed by atoms with E-state index in [2.05, 4.69) is 29.0 Å². The second-order valence-corrected chi connectivity index (χ2v) is 12.1. The third-order valence-corrected chi connectivity index (χ3v) is 9.24. The molecule has 2 amide bonds. The van der Waals surface area contributed by atoms with Crippen molar-refractivity contribution in [2.75, 3.05) is 45.7 Å². The van der Waals surface area contributed by atoms with Gasteiger partial charge < -0.3 is 24.6 Å². The number of benzene rings is 3. The molecular weight excluding hydrogens is 616 g/mol. The molecule has 4 aromatic rings. The summed E-state index contributed by atoms with van der Waals surface area (Å²) in [5.41, 5.74) is 2.75. The number of aromatic nitrogens is 1. The number of methoxy groups -OCH3 is 2. The molecule has 0 saturated carbocycles. The van der Waals surface area contributed by atoms with Crippen LogP contribution in [0.4, 0.5) is 20.2 Å². The predicted octanol–water partition coefficient (Wildman–Crippen LogP) is 6.50. The van der Waals surface area contributed by atoms with Crippen molar-refractivity contribution in [2.45, 2.75) is 39.4 Å². The maximum absolute atomic E-state index is 14.9. The summed E-state index contributed by atoms with van der Waals surface area (Å²) in [6.45, 7) is 7.74. The first-order valence-electron chi connectivity index (χ1n) is 16.1. The van der Waals surface area contributed by atoms with Crippen LogP contribution in [0.15, 0.2) is 66.7 Å². The number of amides is 2. The Morgan fingerprint density at radius 2 is 1.65 bits per heavy atom. The summed E-state index contributed by atoms with van der Waals surface area (Å²) in [7, 11) is 3.11. The summed E-state index contributed by atoms with van der Waals surface area (Å²) in [5.74, 6) is -0.663. The minimum atomic E-state index is -0.759. The molecule has 48 heavy (non-hydrogen) atoms. The van der Waals surface area contributed by atoms with Crippen molar-refractivity contribution in [3.05, 3.63) is 101 Å². The van der Waals surface area contributed by atoms with Crippen molar-refractivity contribution < 1.29 is 27.8 Å². The van der Waals surface area contributed by atoms with Gasteiger partial charge in [0.15, 0.2) is 0 Å². The Morgan fingerprint density at radius 1 is 0.938 bits per heavy atom. The lowest BCUT2D eigenvalue weighted by Crippen LogP contribution is -2.51. The van der Waals surface area contributed by atoms with Crippen molar-refractivity contribution in [1.29, 1.82) is 0 Å². The fourth-order valence-corrected chi connectivity index (χ4v) is 6.30. The molecule has 1 N–H and O–H groups in total. The molecule has 0 radical (unpaired) electrons. The molecule has 1 unspecified atom stereocenters. The van der Waals surface area contributed by atoms with Gasteiger partial charge in [-0.2, -0.15) is 0 Å². The number of piperazine rings is 1. The molecular formula is C37H39F2N5O4. The first-order chi connectivity index (χ1) is 23.2. The fraction of sp³-hybridized carbons (Fsp3) is 0.324. The van der Waals surface area contributed by atoms with E-state index in [1.165, 1.54) is 24.3 Å². The number of ether oxygens (including phenoxy) is 2. The number of fused-ring (bicyclic) bond motifs is 1. The van der Waals surface area contributed by atoms with Crippen molar-refractivity contribution >= 4 is 23.2 Å². The lowest BCUT2D eigenvalue weighted by molar-refractivity contribution is 0.0579. The van der Waals surface area contributed by atoms with E-state index in [9.17, 15) is 18.4 Å². The molecule has 1 atom stereocenters. The Labute approximate surface area is 279 Å². The summed E-state index contributed by atoms with van der Waals surface area (Å²) in [6, 6.07) is 18.0. The highest BCUT2D eigenvalue weighted by Gasteiger charge is 2.34. The molecule has 2 aliphatic heterocycles. The molecule has 9 nitrogen and oxygen atoms in total. The van der Waals surface area contributed by atoms with Crippen LogP contribution in [0.5, 0.6) is 11.5 Å². The summed E-state index contributed by atoms with van der Waals surface area (Å²) in [4.78, 5) is 37.7. The van der Waals surface area contributed by atoms with Gasteiger partial charge in [-0.05, 0) is 67.9 Å². The number of carbonyl (C=O) groups is 2. The average molecular weight is 656 g/mol. The van der Waals surface area contributed by atoms with Crippen molar-refractivity contribution in [1.82, 2.24) is 19.7 Å². The number of hydrogen-bond donors (Lipinski definition) is 1. The van der Waals surface area contributed by atoms with Gasteiger partial charge in [0.25, 0.3) is 11.8 Å². The highest BCUT2D eigenvalue weighted by atomic mass is 19.1. The van der Waals surface area contributed by atoms with Crippen molar-refractivity contribution in [3.8, 4) is 22.8 Å². The van der Waals surface area contributed by atoms with E-state index in [0.29, 0.717) is 58.8 Å². The van der Waals surface area contributed by atoms with E-state index in [-0.39, 0.29) is 36.2 Å². The Bertz CT molecular complexity index is 1810. The van der Waals surface area contributed by atoms with Gasteiger partial charge in [0, 0.05) is 55.1 Å². The zero-order chi connectivity index (χ0) is 33.9. The number of rotatable bonds is 10. The van der Waals surface area contributed by atoms with Gasteiger partial charge in [0.05, 0.1) is 55.5 Å². The number of pyridine rings is 1. The average Bonchev–Trinajstić information content (AvgIpc) is 3.42. The van der Waals surface area contributed by atoms with Crippen molar-refractivity contribution in [2.24, 2.45) is 0 Å². The monoisotopic (exact) mass is 655 g/mol. The van der Waals surface area contributed by atoms with Crippen LogP contribution >= 0.6 is 0 Å². The van der Waals surface area contributed by atoms with Gasteiger partial charge in [0.2, 0.25) is 0 Å². The molecule has 6 rings (SSSR count). The molecule has 250 valence electrons. The molecule has 2 aliphatic rings. The van der Waals surface area contributed by atoms with Crippen LogP contribution in [0.25, 0.3) is 11.3 Å². The SMILES string of the molecule is CCC(C)N1CCN(C(=O)c2ccc(Nc3cc(-c4c(F)cccc4F)nc4c3C(=O)N(Cc3ccc(OC)cc3OC)C4)cc2)CC1.